The highest BCUT2D eigenvalue weighted by Gasteiger charge is 2.21. The molecular weight excluding hydrogens is 352 g/mol. The Labute approximate surface area is 163 Å². The predicted octanol–water partition coefficient (Wildman–Crippen LogP) is 3.35. The second-order valence-electron chi connectivity index (χ2n) is 6.70. The molecule has 0 spiro atoms. The zero-order valence-corrected chi connectivity index (χ0v) is 15.4. The molecule has 1 aliphatic rings. The third-order valence-electron chi connectivity index (χ3n) is 4.80. The summed E-state index contributed by atoms with van der Waals surface area (Å²) in [4.78, 5) is 21.5. The van der Waals surface area contributed by atoms with Crippen molar-refractivity contribution in [1.29, 1.82) is 0 Å². The number of benzene rings is 1. The average Bonchev–Trinajstić information content (AvgIpc) is 3.20. The molecule has 1 aromatic carbocycles. The quantitative estimate of drug-likeness (QED) is 0.638. The molecule has 1 aliphatic heterocycles. The topological polar surface area (TPSA) is 81.2 Å². The molecule has 0 unspecified atom stereocenters. The molecule has 1 fully saturated rings. The van der Waals surface area contributed by atoms with Gasteiger partial charge < -0.3 is 20.3 Å². The molecule has 3 aromatic rings. The first-order chi connectivity index (χ1) is 13.7. The summed E-state index contributed by atoms with van der Waals surface area (Å²) in [6, 6.07) is 15.6. The van der Waals surface area contributed by atoms with Crippen molar-refractivity contribution < 1.29 is 9.90 Å². The normalized spacial score (nSPS) is 14.5. The monoisotopic (exact) mass is 374 g/mol. The van der Waals surface area contributed by atoms with E-state index in [0.717, 1.165) is 48.7 Å². The lowest BCUT2D eigenvalue weighted by atomic mass is 10.1. The molecule has 0 amide bonds. The fourth-order valence-corrected chi connectivity index (χ4v) is 3.35. The number of hydrogen-bond donors (Lipinski definition) is 3. The summed E-state index contributed by atoms with van der Waals surface area (Å²) in [5, 5.41) is 12.9. The number of hydrogen-bond acceptors (Lipinski definition) is 4. The number of H-pyrrole nitrogens is 1. The van der Waals surface area contributed by atoms with E-state index in [1.165, 1.54) is 0 Å². The third kappa shape index (κ3) is 3.97. The Bertz CT molecular complexity index is 989. The molecule has 2 aromatic heterocycles. The largest absolute Gasteiger partial charge is 0.478 e. The zero-order valence-electron chi connectivity index (χ0n) is 15.4. The number of carbonyl (C=O) groups is 1. The molecule has 3 heterocycles. The van der Waals surface area contributed by atoms with Gasteiger partial charge in [-0.15, -0.1) is 0 Å². The van der Waals surface area contributed by atoms with Crippen LogP contribution in [-0.2, 0) is 0 Å². The first-order valence-electron chi connectivity index (χ1n) is 9.32. The molecule has 6 heteroatoms. The summed E-state index contributed by atoms with van der Waals surface area (Å²) in [6.45, 7) is 3.25. The average molecular weight is 374 g/mol. The molecule has 0 radical (unpaired) electrons. The standard InChI is InChI=1S/C22H22N4O2/c27-22(28)19-15-20(25-21(19)26-12-10-23-11-13-26)17-8-9-24-18(14-17)7-6-16-4-2-1-3-5-16/h1-9,14-15,23,25H,10-13H2,(H,27,28)/b7-6+. The Morgan fingerprint density at radius 3 is 2.61 bits per heavy atom. The minimum absolute atomic E-state index is 0.301. The van der Waals surface area contributed by atoms with Gasteiger partial charge in [-0.1, -0.05) is 36.4 Å². The van der Waals surface area contributed by atoms with Gasteiger partial charge in [-0.2, -0.15) is 0 Å². The fourth-order valence-electron chi connectivity index (χ4n) is 3.35. The molecular formula is C22H22N4O2. The van der Waals surface area contributed by atoms with Crippen LogP contribution in [0.4, 0.5) is 5.82 Å². The minimum Gasteiger partial charge on any atom is -0.478 e. The molecule has 28 heavy (non-hydrogen) atoms. The highest BCUT2D eigenvalue weighted by Crippen LogP contribution is 2.28. The van der Waals surface area contributed by atoms with Crippen LogP contribution in [0.15, 0.2) is 54.7 Å². The van der Waals surface area contributed by atoms with Gasteiger partial charge in [-0.05, 0) is 29.8 Å². The van der Waals surface area contributed by atoms with E-state index in [1.807, 2.05) is 54.6 Å². The number of aromatic carboxylic acids is 1. The first kappa shape index (κ1) is 18.0. The van der Waals surface area contributed by atoms with Crippen LogP contribution >= 0.6 is 0 Å². The van der Waals surface area contributed by atoms with Crippen LogP contribution in [0.25, 0.3) is 23.4 Å². The number of carboxylic acids is 1. The molecule has 0 aliphatic carbocycles. The molecule has 0 saturated carbocycles. The van der Waals surface area contributed by atoms with Gasteiger partial charge >= 0.3 is 5.97 Å². The van der Waals surface area contributed by atoms with Gasteiger partial charge in [0.15, 0.2) is 0 Å². The SMILES string of the molecule is O=C(O)c1cc(-c2ccnc(/C=C/c3ccccc3)c2)[nH]c1N1CCNCC1. The van der Waals surface area contributed by atoms with Gasteiger partial charge in [-0.3, -0.25) is 4.98 Å². The predicted molar refractivity (Wildman–Crippen MR) is 111 cm³/mol. The number of rotatable bonds is 5. The van der Waals surface area contributed by atoms with Crippen LogP contribution in [0.5, 0.6) is 0 Å². The van der Waals surface area contributed by atoms with Gasteiger partial charge in [0.05, 0.1) is 5.69 Å². The number of nitrogens with one attached hydrogen (secondary N) is 2. The Morgan fingerprint density at radius 2 is 1.86 bits per heavy atom. The number of aromatic nitrogens is 2. The molecule has 0 bridgehead atoms. The first-order valence-corrected chi connectivity index (χ1v) is 9.32. The lowest BCUT2D eigenvalue weighted by Crippen LogP contribution is -2.44. The van der Waals surface area contributed by atoms with Gasteiger partial charge in [-0.25, -0.2) is 4.79 Å². The van der Waals surface area contributed by atoms with Crippen LogP contribution in [-0.4, -0.2) is 47.2 Å². The maximum absolute atomic E-state index is 11.7. The number of pyridine rings is 1. The van der Waals surface area contributed by atoms with E-state index in [9.17, 15) is 9.90 Å². The highest BCUT2D eigenvalue weighted by atomic mass is 16.4. The van der Waals surface area contributed by atoms with Crippen molar-refractivity contribution in [3.05, 3.63) is 71.5 Å². The zero-order chi connectivity index (χ0) is 19.3. The van der Waals surface area contributed by atoms with Crippen molar-refractivity contribution in [1.82, 2.24) is 15.3 Å². The number of aromatic amines is 1. The van der Waals surface area contributed by atoms with Crippen molar-refractivity contribution in [3.63, 3.8) is 0 Å². The Hall–Kier alpha value is -3.38. The summed E-state index contributed by atoms with van der Waals surface area (Å²) >= 11 is 0. The smallest absolute Gasteiger partial charge is 0.339 e. The van der Waals surface area contributed by atoms with E-state index in [1.54, 1.807) is 12.3 Å². The Balaban J connectivity index is 1.64. The second kappa shape index (κ2) is 8.10. The van der Waals surface area contributed by atoms with Crippen molar-refractivity contribution in [2.24, 2.45) is 0 Å². The summed E-state index contributed by atoms with van der Waals surface area (Å²) in [5.41, 5.74) is 3.91. The highest BCUT2D eigenvalue weighted by molar-refractivity contribution is 5.96. The molecule has 6 nitrogen and oxygen atoms in total. The molecule has 1 saturated heterocycles. The maximum Gasteiger partial charge on any atom is 0.339 e. The van der Waals surface area contributed by atoms with E-state index < -0.39 is 5.97 Å². The number of piperazine rings is 1. The summed E-state index contributed by atoms with van der Waals surface area (Å²) in [6.07, 6.45) is 5.71. The third-order valence-corrected chi connectivity index (χ3v) is 4.80. The van der Waals surface area contributed by atoms with Gasteiger partial charge in [0.1, 0.15) is 11.4 Å². The molecule has 3 N–H and O–H groups in total. The van der Waals surface area contributed by atoms with E-state index in [0.29, 0.717) is 11.4 Å². The lowest BCUT2D eigenvalue weighted by molar-refractivity contribution is 0.0697. The Kier molecular flexibility index (Phi) is 5.21. The molecule has 4 rings (SSSR count). The molecule has 142 valence electrons. The Morgan fingerprint density at radius 1 is 1.07 bits per heavy atom. The van der Waals surface area contributed by atoms with E-state index >= 15 is 0 Å². The van der Waals surface area contributed by atoms with Crippen LogP contribution < -0.4 is 10.2 Å². The fraction of sp³-hybridized carbons (Fsp3) is 0.182. The van der Waals surface area contributed by atoms with Crippen LogP contribution in [0.3, 0.4) is 0 Å². The van der Waals surface area contributed by atoms with Crippen LogP contribution in [0.1, 0.15) is 21.6 Å². The summed E-state index contributed by atoms with van der Waals surface area (Å²) in [7, 11) is 0. The molecule has 0 atom stereocenters. The van der Waals surface area contributed by atoms with Crippen molar-refractivity contribution in [2.45, 2.75) is 0 Å². The van der Waals surface area contributed by atoms with Gasteiger partial charge in [0, 0.05) is 43.6 Å². The van der Waals surface area contributed by atoms with E-state index in [2.05, 4.69) is 20.2 Å². The minimum atomic E-state index is -0.922. The van der Waals surface area contributed by atoms with Crippen molar-refractivity contribution in [3.8, 4) is 11.3 Å². The van der Waals surface area contributed by atoms with Gasteiger partial charge in [0.25, 0.3) is 0 Å². The number of carboxylic acid groups (broad SMARTS) is 1. The number of anilines is 1. The van der Waals surface area contributed by atoms with Crippen molar-refractivity contribution in [2.75, 3.05) is 31.1 Å². The van der Waals surface area contributed by atoms with Crippen molar-refractivity contribution >= 4 is 23.9 Å². The number of nitrogens with zero attached hydrogens (tertiary/aromatic N) is 2. The van der Waals surface area contributed by atoms with Crippen LogP contribution in [0.2, 0.25) is 0 Å². The van der Waals surface area contributed by atoms with E-state index in [4.69, 9.17) is 0 Å². The summed E-state index contributed by atoms with van der Waals surface area (Å²) < 4.78 is 0. The summed E-state index contributed by atoms with van der Waals surface area (Å²) in [5.74, 6) is -0.253. The maximum atomic E-state index is 11.7. The van der Waals surface area contributed by atoms with E-state index in [-0.39, 0.29) is 0 Å². The lowest BCUT2D eigenvalue weighted by Gasteiger charge is -2.28. The van der Waals surface area contributed by atoms with Crippen LogP contribution in [0, 0.1) is 0 Å². The van der Waals surface area contributed by atoms with Gasteiger partial charge in [0.2, 0.25) is 0 Å². The second-order valence-corrected chi connectivity index (χ2v) is 6.70.